The van der Waals surface area contributed by atoms with E-state index in [1.165, 1.54) is 6.07 Å². The molecule has 1 aromatic carbocycles. The maximum Gasteiger partial charge on any atom is 0.315 e. The smallest absolute Gasteiger partial charge is 0.315 e. The quantitative estimate of drug-likeness (QED) is 0.748. The van der Waals surface area contributed by atoms with Gasteiger partial charge in [0, 0.05) is 12.6 Å². The van der Waals surface area contributed by atoms with E-state index in [0.29, 0.717) is 12.0 Å². The summed E-state index contributed by atoms with van der Waals surface area (Å²) in [6.07, 6.45) is 0.306. The van der Waals surface area contributed by atoms with E-state index in [4.69, 9.17) is 5.11 Å². The zero-order chi connectivity index (χ0) is 15.1. The maximum absolute atomic E-state index is 12.9. The molecule has 0 heterocycles. The van der Waals surface area contributed by atoms with Gasteiger partial charge in [-0.2, -0.15) is 0 Å². The van der Waals surface area contributed by atoms with E-state index in [0.717, 1.165) is 12.1 Å². The molecule has 1 atom stereocenters. The number of rotatable bonds is 6. The third-order valence-corrected chi connectivity index (χ3v) is 2.69. The number of carboxylic acids is 1. The number of carbonyl (C=O) groups excluding carboxylic acids is 1. The second-order valence-corrected chi connectivity index (χ2v) is 4.28. The highest BCUT2D eigenvalue weighted by atomic mass is 19.2. The molecule has 20 heavy (non-hydrogen) atoms. The van der Waals surface area contributed by atoms with Crippen molar-refractivity contribution in [3.8, 4) is 0 Å². The van der Waals surface area contributed by atoms with Gasteiger partial charge >= 0.3 is 12.0 Å². The van der Waals surface area contributed by atoms with Gasteiger partial charge in [0.05, 0.1) is 6.42 Å². The molecule has 1 aromatic rings. The molecule has 2 amide bonds. The van der Waals surface area contributed by atoms with Crippen LogP contribution in [0.1, 0.15) is 25.3 Å². The lowest BCUT2D eigenvalue weighted by molar-refractivity contribution is -0.137. The van der Waals surface area contributed by atoms with Gasteiger partial charge in [0.15, 0.2) is 11.6 Å². The van der Waals surface area contributed by atoms with Crippen molar-refractivity contribution in [1.82, 2.24) is 10.6 Å². The summed E-state index contributed by atoms with van der Waals surface area (Å²) >= 11 is 0. The monoisotopic (exact) mass is 286 g/mol. The van der Waals surface area contributed by atoms with E-state index >= 15 is 0 Å². The number of aliphatic carboxylic acids is 1. The largest absolute Gasteiger partial charge is 0.481 e. The fourth-order valence-corrected chi connectivity index (χ4v) is 1.58. The van der Waals surface area contributed by atoms with Crippen LogP contribution in [-0.4, -0.2) is 23.1 Å². The molecule has 7 heteroatoms. The summed E-state index contributed by atoms with van der Waals surface area (Å²) in [4.78, 5) is 22.1. The van der Waals surface area contributed by atoms with Crippen molar-refractivity contribution in [3.05, 3.63) is 35.4 Å². The van der Waals surface area contributed by atoms with Crippen molar-refractivity contribution < 1.29 is 23.5 Å². The Morgan fingerprint density at radius 2 is 2.00 bits per heavy atom. The third kappa shape index (κ3) is 5.21. The number of carboxylic acid groups (broad SMARTS) is 1. The van der Waals surface area contributed by atoms with Gasteiger partial charge in [-0.1, -0.05) is 13.0 Å². The summed E-state index contributed by atoms with van der Waals surface area (Å²) < 4.78 is 25.6. The molecule has 0 saturated heterocycles. The second kappa shape index (κ2) is 7.42. The van der Waals surface area contributed by atoms with E-state index in [2.05, 4.69) is 10.6 Å². The van der Waals surface area contributed by atoms with E-state index < -0.39 is 29.7 Å². The summed E-state index contributed by atoms with van der Waals surface area (Å²) in [7, 11) is 0. The average Bonchev–Trinajstić information content (AvgIpc) is 2.39. The molecule has 1 rings (SSSR count). The Bertz CT molecular complexity index is 495. The van der Waals surface area contributed by atoms with Crippen LogP contribution in [0.3, 0.4) is 0 Å². The number of hydrogen-bond donors (Lipinski definition) is 3. The predicted molar refractivity (Wildman–Crippen MR) is 68.1 cm³/mol. The molecule has 1 unspecified atom stereocenters. The molecule has 0 aliphatic carbocycles. The Morgan fingerprint density at radius 1 is 1.30 bits per heavy atom. The standard InChI is InChI=1S/C13H16F2N2O3/c1-2-9(6-12(18)19)17-13(20)16-7-8-3-4-10(14)11(15)5-8/h3-5,9H,2,6-7H2,1H3,(H,18,19)(H2,16,17,20). The summed E-state index contributed by atoms with van der Waals surface area (Å²) in [6, 6.07) is 2.29. The zero-order valence-corrected chi connectivity index (χ0v) is 11.0. The van der Waals surface area contributed by atoms with Crippen molar-refractivity contribution in [2.75, 3.05) is 0 Å². The first-order valence-corrected chi connectivity index (χ1v) is 6.12. The Hall–Kier alpha value is -2.18. The number of amides is 2. The van der Waals surface area contributed by atoms with Crippen LogP contribution >= 0.6 is 0 Å². The van der Waals surface area contributed by atoms with E-state index in [1.807, 2.05) is 0 Å². The topological polar surface area (TPSA) is 78.4 Å². The number of nitrogens with one attached hydrogen (secondary N) is 2. The summed E-state index contributed by atoms with van der Waals surface area (Å²) in [5.41, 5.74) is 0.408. The first kappa shape index (κ1) is 15.9. The number of carbonyl (C=O) groups is 2. The van der Waals surface area contributed by atoms with Gasteiger partial charge in [0.2, 0.25) is 0 Å². The van der Waals surface area contributed by atoms with Crippen LogP contribution in [0.2, 0.25) is 0 Å². The van der Waals surface area contributed by atoms with Crippen molar-refractivity contribution in [2.24, 2.45) is 0 Å². The Balaban J connectivity index is 2.46. The van der Waals surface area contributed by atoms with Gasteiger partial charge in [-0.15, -0.1) is 0 Å². The molecule has 0 aromatic heterocycles. The molecular formula is C13H16F2N2O3. The molecule has 0 fully saturated rings. The SMILES string of the molecule is CCC(CC(=O)O)NC(=O)NCc1ccc(F)c(F)c1. The number of hydrogen-bond acceptors (Lipinski definition) is 2. The maximum atomic E-state index is 12.9. The van der Waals surface area contributed by atoms with Gasteiger partial charge in [0.1, 0.15) is 0 Å². The van der Waals surface area contributed by atoms with Crippen LogP contribution in [0, 0.1) is 11.6 Å². The fourth-order valence-electron chi connectivity index (χ4n) is 1.58. The third-order valence-electron chi connectivity index (χ3n) is 2.69. The van der Waals surface area contributed by atoms with Crippen LogP contribution in [-0.2, 0) is 11.3 Å². The molecule has 0 radical (unpaired) electrons. The van der Waals surface area contributed by atoms with E-state index in [9.17, 15) is 18.4 Å². The lowest BCUT2D eigenvalue weighted by Gasteiger charge is -2.15. The summed E-state index contributed by atoms with van der Waals surface area (Å²) in [5, 5.41) is 13.6. The summed E-state index contributed by atoms with van der Waals surface area (Å²) in [6.45, 7) is 1.77. The normalized spacial score (nSPS) is 11.8. The van der Waals surface area contributed by atoms with Crippen LogP contribution in [0.25, 0.3) is 0 Å². The molecule has 110 valence electrons. The first-order chi connectivity index (χ1) is 9.42. The second-order valence-electron chi connectivity index (χ2n) is 4.28. The minimum Gasteiger partial charge on any atom is -0.481 e. The average molecular weight is 286 g/mol. The van der Waals surface area contributed by atoms with Crippen molar-refractivity contribution >= 4 is 12.0 Å². The van der Waals surface area contributed by atoms with Crippen LogP contribution in [0.15, 0.2) is 18.2 Å². The van der Waals surface area contributed by atoms with Gasteiger partial charge in [-0.05, 0) is 24.1 Å². The van der Waals surface area contributed by atoms with Gasteiger partial charge in [-0.25, -0.2) is 13.6 Å². The summed E-state index contributed by atoms with van der Waals surface area (Å²) in [5.74, 6) is -2.94. The molecule has 5 nitrogen and oxygen atoms in total. The fraction of sp³-hybridized carbons (Fsp3) is 0.385. The minimum absolute atomic E-state index is 0.0204. The highest BCUT2D eigenvalue weighted by Crippen LogP contribution is 2.08. The van der Waals surface area contributed by atoms with Gasteiger partial charge < -0.3 is 15.7 Å². The van der Waals surface area contributed by atoms with Crippen LogP contribution < -0.4 is 10.6 Å². The van der Waals surface area contributed by atoms with E-state index in [-0.39, 0.29) is 13.0 Å². The van der Waals surface area contributed by atoms with Crippen LogP contribution in [0.5, 0.6) is 0 Å². The first-order valence-electron chi connectivity index (χ1n) is 6.12. The number of urea groups is 1. The molecular weight excluding hydrogens is 270 g/mol. The predicted octanol–water partition coefficient (Wildman–Crippen LogP) is 2.02. The van der Waals surface area contributed by atoms with Crippen LogP contribution in [0.4, 0.5) is 13.6 Å². The van der Waals surface area contributed by atoms with Crippen molar-refractivity contribution in [3.63, 3.8) is 0 Å². The minimum atomic E-state index is -1.00. The molecule has 3 N–H and O–H groups in total. The highest BCUT2D eigenvalue weighted by Gasteiger charge is 2.13. The molecule has 0 saturated carbocycles. The lowest BCUT2D eigenvalue weighted by Crippen LogP contribution is -2.42. The van der Waals surface area contributed by atoms with Gasteiger partial charge in [0.25, 0.3) is 0 Å². The molecule has 0 aliphatic heterocycles. The Kier molecular flexibility index (Phi) is 5.89. The Morgan fingerprint density at radius 3 is 2.55 bits per heavy atom. The number of halogens is 2. The lowest BCUT2D eigenvalue weighted by atomic mass is 10.1. The molecule has 0 aliphatic rings. The zero-order valence-electron chi connectivity index (χ0n) is 11.0. The highest BCUT2D eigenvalue weighted by molar-refractivity contribution is 5.75. The molecule has 0 spiro atoms. The Labute approximate surface area is 115 Å². The van der Waals surface area contributed by atoms with Crippen molar-refractivity contribution in [2.45, 2.75) is 32.4 Å². The van der Waals surface area contributed by atoms with Crippen molar-refractivity contribution in [1.29, 1.82) is 0 Å². The van der Waals surface area contributed by atoms with Gasteiger partial charge in [-0.3, -0.25) is 4.79 Å². The van der Waals surface area contributed by atoms with E-state index in [1.54, 1.807) is 6.92 Å². The number of benzene rings is 1. The molecule has 0 bridgehead atoms.